The molecule has 0 amide bonds. The molecular formula is C29H27ClF5N7O. The van der Waals surface area contributed by atoms with Crippen molar-refractivity contribution in [3.8, 4) is 5.75 Å². The number of halogens is 6. The third-order valence-corrected chi connectivity index (χ3v) is 7.72. The molecule has 0 saturated heterocycles. The number of anilines is 2. The van der Waals surface area contributed by atoms with Crippen LogP contribution in [0.25, 0.3) is 22.1 Å². The number of hydrogen-bond donors (Lipinski definition) is 3. The zero-order valence-corrected chi connectivity index (χ0v) is 23.9. The monoisotopic (exact) mass is 619 g/mol. The van der Waals surface area contributed by atoms with Gasteiger partial charge in [-0.15, -0.1) is 0 Å². The molecule has 0 bridgehead atoms. The Labute approximate surface area is 247 Å². The first-order chi connectivity index (χ1) is 20.4. The normalized spacial score (nSPS) is 16.9. The largest absolute Gasteiger partial charge is 0.489 e. The molecule has 2 aliphatic rings. The Kier molecular flexibility index (Phi) is 7.39. The van der Waals surface area contributed by atoms with E-state index in [4.69, 9.17) is 16.3 Å². The molecular weight excluding hydrogens is 593 g/mol. The molecule has 0 fully saturated rings. The van der Waals surface area contributed by atoms with Crippen LogP contribution in [-0.2, 0) is 25.7 Å². The summed E-state index contributed by atoms with van der Waals surface area (Å²) in [6.45, 7) is 3.67. The lowest BCUT2D eigenvalue weighted by molar-refractivity contribution is -0.0127. The molecule has 43 heavy (non-hydrogen) atoms. The Morgan fingerprint density at radius 2 is 1.44 bits per heavy atom. The highest BCUT2D eigenvalue weighted by molar-refractivity contribution is 6.34. The number of benzene rings is 1. The predicted molar refractivity (Wildman–Crippen MR) is 152 cm³/mol. The number of hydrogen-bond acceptors (Lipinski definition) is 6. The van der Waals surface area contributed by atoms with E-state index >= 15 is 0 Å². The van der Waals surface area contributed by atoms with E-state index in [-0.39, 0.29) is 43.4 Å². The van der Waals surface area contributed by atoms with Crippen LogP contribution in [0.1, 0.15) is 49.2 Å². The van der Waals surface area contributed by atoms with E-state index < -0.39 is 17.7 Å². The van der Waals surface area contributed by atoms with Crippen LogP contribution in [0, 0.1) is 5.82 Å². The minimum atomic E-state index is -2.75. The van der Waals surface area contributed by atoms with Gasteiger partial charge in [0, 0.05) is 43.1 Å². The first-order valence-corrected chi connectivity index (χ1v) is 14.1. The summed E-state index contributed by atoms with van der Waals surface area (Å²) in [6.07, 6.45) is 2.16. The Balaban J connectivity index is 0.000000174. The Bertz CT molecular complexity index is 1820. The summed E-state index contributed by atoms with van der Waals surface area (Å²) in [4.78, 5) is 22.4. The van der Waals surface area contributed by atoms with Crippen LogP contribution in [0.15, 0.2) is 30.9 Å². The van der Waals surface area contributed by atoms with E-state index in [0.29, 0.717) is 56.9 Å². The van der Waals surface area contributed by atoms with Crippen LogP contribution in [-0.4, -0.2) is 47.9 Å². The fourth-order valence-electron chi connectivity index (χ4n) is 5.53. The van der Waals surface area contributed by atoms with E-state index in [0.717, 1.165) is 11.4 Å². The molecule has 0 aliphatic heterocycles. The number of rotatable bonds is 4. The molecule has 3 N–H and O–H groups in total. The fourth-order valence-corrected chi connectivity index (χ4v) is 5.78. The number of fused-ring (bicyclic) bond motifs is 6. The van der Waals surface area contributed by atoms with Gasteiger partial charge in [-0.2, -0.15) is 0 Å². The molecule has 226 valence electrons. The van der Waals surface area contributed by atoms with Crippen LogP contribution in [0.2, 0.25) is 5.15 Å². The second-order valence-corrected chi connectivity index (χ2v) is 11.4. The third kappa shape index (κ3) is 5.95. The lowest BCUT2D eigenvalue weighted by Gasteiger charge is -2.22. The standard InChI is InChI=1S/C19H19F3N4O.C10H8ClF2N3/c1-10(2)27-15-7-11(20)3-4-14(15)26-18-16-12-8-19(21,22)6-5-13(12)25-17(16)23-9-24-18;11-8-7-5-3-10(12,13)2-1-6(5)16-9(7)15-4-14-8/h3-4,7,9-10H,5-6,8H2,1-2H3,(H2,23,24,25,26);4H,1-3H2,(H,14,15,16). The number of nitrogens with one attached hydrogen (secondary N) is 3. The van der Waals surface area contributed by atoms with Crippen LogP contribution in [0.4, 0.5) is 33.5 Å². The van der Waals surface area contributed by atoms with E-state index in [1.54, 1.807) is 0 Å². The topological polar surface area (TPSA) is 104 Å². The Morgan fingerprint density at radius 3 is 2.07 bits per heavy atom. The van der Waals surface area contributed by atoms with Gasteiger partial charge in [-0.05, 0) is 49.9 Å². The zero-order chi connectivity index (χ0) is 30.5. The summed E-state index contributed by atoms with van der Waals surface area (Å²) in [5.41, 5.74) is 4.21. The summed E-state index contributed by atoms with van der Waals surface area (Å²) in [7, 11) is 0. The summed E-state index contributed by atoms with van der Waals surface area (Å²) >= 11 is 5.91. The molecule has 0 spiro atoms. The Hall–Kier alpha value is -4.00. The van der Waals surface area contributed by atoms with Gasteiger partial charge in [0.2, 0.25) is 0 Å². The first-order valence-electron chi connectivity index (χ1n) is 13.7. The molecule has 0 unspecified atom stereocenters. The molecule has 1 aromatic carbocycles. The SMILES string of the molecule is CC(C)Oc1cc(F)ccc1Nc1ncnc2[nH]c3c(c12)CC(F)(F)CC3.FC1(F)CCc2[nH]c3ncnc(Cl)c3c2C1. The van der Waals surface area contributed by atoms with Crippen LogP contribution >= 0.6 is 11.6 Å². The number of aryl methyl sites for hydroxylation is 2. The molecule has 2 aliphatic carbocycles. The lowest BCUT2D eigenvalue weighted by atomic mass is 9.93. The van der Waals surface area contributed by atoms with Gasteiger partial charge in [0.05, 0.1) is 22.6 Å². The van der Waals surface area contributed by atoms with Crippen molar-refractivity contribution in [1.29, 1.82) is 0 Å². The number of aromatic nitrogens is 6. The lowest BCUT2D eigenvalue weighted by Crippen LogP contribution is -2.25. The zero-order valence-electron chi connectivity index (χ0n) is 23.2. The van der Waals surface area contributed by atoms with Crippen molar-refractivity contribution in [3.05, 3.63) is 64.3 Å². The Morgan fingerprint density at radius 1 is 0.860 bits per heavy atom. The predicted octanol–water partition coefficient (Wildman–Crippen LogP) is 7.49. The van der Waals surface area contributed by atoms with Gasteiger partial charge < -0.3 is 20.0 Å². The second-order valence-electron chi connectivity index (χ2n) is 11.0. The van der Waals surface area contributed by atoms with Gasteiger partial charge in [0.15, 0.2) is 0 Å². The highest BCUT2D eigenvalue weighted by atomic mass is 35.5. The van der Waals surface area contributed by atoms with Crippen molar-refractivity contribution in [3.63, 3.8) is 0 Å². The summed E-state index contributed by atoms with van der Waals surface area (Å²) in [6, 6.07) is 4.12. The van der Waals surface area contributed by atoms with Gasteiger partial charge in [0.25, 0.3) is 11.8 Å². The highest BCUT2D eigenvalue weighted by Gasteiger charge is 2.38. The number of H-pyrrole nitrogens is 2. The maximum Gasteiger partial charge on any atom is 0.252 e. The molecule has 0 radical (unpaired) electrons. The van der Waals surface area contributed by atoms with E-state index in [1.165, 1.54) is 30.9 Å². The average Bonchev–Trinajstić information content (AvgIpc) is 3.48. The second kappa shape index (κ2) is 10.9. The molecule has 7 rings (SSSR count). The molecule has 4 aromatic heterocycles. The first kappa shape index (κ1) is 29.1. The van der Waals surface area contributed by atoms with Gasteiger partial charge >= 0.3 is 0 Å². The van der Waals surface area contributed by atoms with Gasteiger partial charge in [0.1, 0.15) is 46.5 Å². The van der Waals surface area contributed by atoms with Crippen LogP contribution < -0.4 is 10.1 Å². The minimum absolute atomic E-state index is 0.127. The smallest absolute Gasteiger partial charge is 0.252 e. The molecule has 5 aromatic rings. The van der Waals surface area contributed by atoms with Crippen molar-refractivity contribution >= 4 is 45.2 Å². The maximum atomic E-state index is 14.0. The van der Waals surface area contributed by atoms with Crippen molar-refractivity contribution in [2.24, 2.45) is 0 Å². The number of alkyl halides is 4. The molecule has 8 nitrogen and oxygen atoms in total. The van der Waals surface area contributed by atoms with Gasteiger partial charge in [-0.3, -0.25) is 0 Å². The minimum Gasteiger partial charge on any atom is -0.489 e. The van der Waals surface area contributed by atoms with Gasteiger partial charge in [-0.25, -0.2) is 41.9 Å². The average molecular weight is 620 g/mol. The highest BCUT2D eigenvalue weighted by Crippen LogP contribution is 2.40. The van der Waals surface area contributed by atoms with Crippen LogP contribution in [0.5, 0.6) is 5.75 Å². The van der Waals surface area contributed by atoms with E-state index in [9.17, 15) is 22.0 Å². The van der Waals surface area contributed by atoms with Crippen molar-refractivity contribution in [2.75, 3.05) is 5.32 Å². The van der Waals surface area contributed by atoms with Crippen molar-refractivity contribution in [2.45, 2.75) is 70.3 Å². The number of nitrogens with zero attached hydrogens (tertiary/aromatic N) is 4. The molecule has 4 heterocycles. The fraction of sp³-hybridized carbons (Fsp3) is 0.379. The van der Waals surface area contributed by atoms with Crippen LogP contribution in [0.3, 0.4) is 0 Å². The summed E-state index contributed by atoms with van der Waals surface area (Å²) in [5, 5.41) is 4.41. The van der Waals surface area contributed by atoms with E-state index in [2.05, 4.69) is 35.2 Å². The maximum absolute atomic E-state index is 14.0. The number of aromatic amines is 2. The molecule has 14 heteroatoms. The summed E-state index contributed by atoms with van der Waals surface area (Å²) in [5.74, 6) is -5.12. The van der Waals surface area contributed by atoms with Gasteiger partial charge in [-0.1, -0.05) is 11.6 Å². The van der Waals surface area contributed by atoms with Crippen molar-refractivity contribution < 1.29 is 26.7 Å². The third-order valence-electron chi connectivity index (χ3n) is 7.43. The van der Waals surface area contributed by atoms with Crippen molar-refractivity contribution in [1.82, 2.24) is 29.9 Å². The molecule has 0 atom stereocenters. The van der Waals surface area contributed by atoms with E-state index in [1.807, 2.05) is 13.8 Å². The number of ether oxygens (including phenoxy) is 1. The quantitative estimate of drug-likeness (QED) is 0.142. The molecule has 0 saturated carbocycles. The summed E-state index contributed by atoms with van der Waals surface area (Å²) < 4.78 is 73.9.